The Hall–Kier alpha value is -3.55. The topological polar surface area (TPSA) is 94.4 Å². The zero-order valence-corrected chi connectivity index (χ0v) is 16.2. The summed E-state index contributed by atoms with van der Waals surface area (Å²) in [5, 5.41) is 12.0. The summed E-state index contributed by atoms with van der Waals surface area (Å²) < 4.78 is 0. The summed E-state index contributed by atoms with van der Waals surface area (Å²) >= 11 is 0. The zero-order valence-electron chi connectivity index (χ0n) is 16.2. The van der Waals surface area contributed by atoms with Gasteiger partial charge in [-0.15, -0.1) is 0 Å². The largest absolute Gasteiger partial charge is 0.350 e. The van der Waals surface area contributed by atoms with Gasteiger partial charge >= 0.3 is 0 Å². The number of hydrogen-bond acceptors (Lipinski definition) is 6. The third-order valence-electron chi connectivity index (χ3n) is 5.24. The molecule has 2 aliphatic rings. The molecule has 0 aromatic heterocycles. The quantitative estimate of drug-likeness (QED) is 0.788. The van der Waals surface area contributed by atoms with Crippen molar-refractivity contribution in [3.63, 3.8) is 0 Å². The van der Waals surface area contributed by atoms with E-state index >= 15 is 0 Å². The van der Waals surface area contributed by atoms with Gasteiger partial charge in [0.25, 0.3) is 11.8 Å². The van der Waals surface area contributed by atoms with Crippen LogP contribution in [0.25, 0.3) is 0 Å². The number of fused-ring (bicyclic) bond motifs is 1. The van der Waals surface area contributed by atoms with E-state index in [9.17, 15) is 14.4 Å². The maximum Gasteiger partial charge on any atom is 0.263 e. The molecule has 0 radical (unpaired) electrons. The predicted octanol–water partition coefficient (Wildman–Crippen LogP) is 1.91. The fraction of sp³-hybridized carbons (Fsp3) is 0.286. The molecule has 8 nitrogen and oxygen atoms in total. The van der Waals surface area contributed by atoms with Crippen LogP contribution in [0.2, 0.25) is 0 Å². The molecule has 2 heterocycles. The van der Waals surface area contributed by atoms with Crippen molar-refractivity contribution in [1.29, 1.82) is 0 Å². The van der Waals surface area contributed by atoms with E-state index in [1.807, 2.05) is 50.2 Å². The standard InChI is InChI=1S/C21H21N5O3/c1-13-8-9-16(10-14(13)2)26-20(28)18-19(21(26)29)25(24-23-18)12-17(27)22-11-15-6-4-3-5-7-15/h3-10,18-19H,11-12H2,1-2H3,(H,22,27)/t18-,19+/m0/s1. The van der Waals surface area contributed by atoms with E-state index in [-0.39, 0.29) is 12.5 Å². The lowest BCUT2D eigenvalue weighted by atomic mass is 10.1. The highest BCUT2D eigenvalue weighted by Gasteiger charge is 2.55. The number of carbonyl (C=O) groups excluding carboxylic acids is 3. The highest BCUT2D eigenvalue weighted by atomic mass is 16.2. The molecular weight excluding hydrogens is 370 g/mol. The van der Waals surface area contributed by atoms with Gasteiger partial charge in [-0.05, 0) is 42.7 Å². The summed E-state index contributed by atoms with van der Waals surface area (Å²) in [6, 6.07) is 13.1. The van der Waals surface area contributed by atoms with Crippen molar-refractivity contribution in [3.05, 3.63) is 65.2 Å². The average molecular weight is 391 g/mol. The molecule has 29 heavy (non-hydrogen) atoms. The summed E-state index contributed by atoms with van der Waals surface area (Å²) in [4.78, 5) is 39.2. The van der Waals surface area contributed by atoms with Crippen LogP contribution in [0.4, 0.5) is 5.69 Å². The van der Waals surface area contributed by atoms with Gasteiger partial charge in [0.1, 0.15) is 6.54 Å². The van der Waals surface area contributed by atoms with Crippen LogP contribution in [0.1, 0.15) is 16.7 Å². The summed E-state index contributed by atoms with van der Waals surface area (Å²) in [5.41, 5.74) is 3.54. The Kier molecular flexibility index (Phi) is 4.84. The van der Waals surface area contributed by atoms with E-state index in [0.29, 0.717) is 12.2 Å². The van der Waals surface area contributed by atoms with Crippen molar-refractivity contribution in [2.24, 2.45) is 10.3 Å². The first-order chi connectivity index (χ1) is 14.0. The van der Waals surface area contributed by atoms with Crippen molar-refractivity contribution >= 4 is 23.4 Å². The maximum atomic E-state index is 13.0. The van der Waals surface area contributed by atoms with Gasteiger partial charge in [0.2, 0.25) is 5.91 Å². The maximum absolute atomic E-state index is 13.0. The van der Waals surface area contributed by atoms with Gasteiger partial charge in [-0.25, -0.2) is 4.90 Å². The molecule has 2 aromatic rings. The molecule has 1 fully saturated rings. The predicted molar refractivity (Wildman–Crippen MR) is 106 cm³/mol. The van der Waals surface area contributed by atoms with Crippen molar-refractivity contribution in [3.8, 4) is 0 Å². The molecule has 1 saturated heterocycles. The van der Waals surface area contributed by atoms with Crippen LogP contribution in [-0.4, -0.2) is 41.4 Å². The lowest BCUT2D eigenvalue weighted by Gasteiger charge is -2.20. The Labute approximate surface area is 168 Å². The van der Waals surface area contributed by atoms with E-state index in [0.717, 1.165) is 21.6 Å². The Balaban J connectivity index is 1.45. The first kappa shape index (κ1) is 18.8. The van der Waals surface area contributed by atoms with Crippen molar-refractivity contribution in [1.82, 2.24) is 10.3 Å². The molecule has 2 aromatic carbocycles. The highest BCUT2D eigenvalue weighted by molar-refractivity contribution is 6.25. The first-order valence-electron chi connectivity index (χ1n) is 9.39. The van der Waals surface area contributed by atoms with E-state index in [1.54, 1.807) is 12.1 Å². The minimum absolute atomic E-state index is 0.142. The molecule has 0 spiro atoms. The summed E-state index contributed by atoms with van der Waals surface area (Å²) in [5.74, 6) is -1.12. The van der Waals surface area contributed by atoms with E-state index in [4.69, 9.17) is 0 Å². The SMILES string of the molecule is Cc1ccc(N2C(=O)[C@H]3N=NN(CC(=O)NCc4ccccc4)[C@H]3C2=O)cc1C. The zero-order chi connectivity index (χ0) is 20.5. The van der Waals surface area contributed by atoms with E-state index in [1.165, 1.54) is 5.01 Å². The van der Waals surface area contributed by atoms with Crippen LogP contribution in [0.3, 0.4) is 0 Å². The first-order valence-corrected chi connectivity index (χ1v) is 9.39. The molecule has 0 saturated carbocycles. The Morgan fingerprint density at radius 3 is 2.52 bits per heavy atom. The molecule has 0 unspecified atom stereocenters. The fourth-order valence-corrected chi connectivity index (χ4v) is 3.47. The Morgan fingerprint density at radius 1 is 1.03 bits per heavy atom. The van der Waals surface area contributed by atoms with Crippen LogP contribution in [0.5, 0.6) is 0 Å². The number of rotatable bonds is 5. The second kappa shape index (κ2) is 7.46. The van der Waals surface area contributed by atoms with Gasteiger partial charge in [0.05, 0.1) is 5.69 Å². The third-order valence-corrected chi connectivity index (χ3v) is 5.24. The number of imide groups is 1. The summed E-state index contributed by atoms with van der Waals surface area (Å²) in [6.45, 7) is 4.12. The van der Waals surface area contributed by atoms with Crippen LogP contribution in [0.15, 0.2) is 58.9 Å². The minimum atomic E-state index is -0.911. The lowest BCUT2D eigenvalue weighted by molar-refractivity contribution is -0.125. The molecular formula is C21H21N5O3. The molecule has 0 bridgehead atoms. The average Bonchev–Trinajstić information content (AvgIpc) is 3.23. The Morgan fingerprint density at radius 2 is 1.79 bits per heavy atom. The smallest absolute Gasteiger partial charge is 0.263 e. The highest BCUT2D eigenvalue weighted by Crippen LogP contribution is 2.32. The lowest BCUT2D eigenvalue weighted by Crippen LogP contribution is -2.44. The molecule has 2 aliphatic heterocycles. The van der Waals surface area contributed by atoms with Crippen LogP contribution in [-0.2, 0) is 20.9 Å². The second-order valence-corrected chi connectivity index (χ2v) is 7.23. The number of anilines is 1. The minimum Gasteiger partial charge on any atom is -0.350 e. The Bertz CT molecular complexity index is 1000. The second-order valence-electron chi connectivity index (χ2n) is 7.23. The van der Waals surface area contributed by atoms with E-state index < -0.39 is 23.9 Å². The molecule has 8 heteroatoms. The molecule has 4 rings (SSSR count). The van der Waals surface area contributed by atoms with Gasteiger partial charge < -0.3 is 5.32 Å². The summed E-state index contributed by atoms with van der Waals surface area (Å²) in [7, 11) is 0. The molecule has 3 amide bonds. The van der Waals surface area contributed by atoms with Gasteiger partial charge in [0, 0.05) is 6.54 Å². The van der Waals surface area contributed by atoms with Gasteiger partial charge in [-0.3, -0.25) is 19.4 Å². The molecule has 0 aliphatic carbocycles. The van der Waals surface area contributed by atoms with Gasteiger partial charge in [0.15, 0.2) is 12.1 Å². The molecule has 148 valence electrons. The number of carbonyl (C=O) groups is 3. The van der Waals surface area contributed by atoms with Crippen LogP contribution >= 0.6 is 0 Å². The van der Waals surface area contributed by atoms with Gasteiger partial charge in [-0.1, -0.05) is 41.6 Å². The van der Waals surface area contributed by atoms with Crippen molar-refractivity contribution in [2.75, 3.05) is 11.4 Å². The van der Waals surface area contributed by atoms with Crippen molar-refractivity contribution in [2.45, 2.75) is 32.5 Å². The van der Waals surface area contributed by atoms with Crippen molar-refractivity contribution < 1.29 is 14.4 Å². The molecule has 1 N–H and O–H groups in total. The number of aryl methyl sites for hydroxylation is 2. The molecule has 2 atom stereocenters. The van der Waals surface area contributed by atoms with Gasteiger partial charge in [-0.2, -0.15) is 5.11 Å². The van der Waals surface area contributed by atoms with Crippen LogP contribution in [0, 0.1) is 13.8 Å². The normalized spacial score (nSPS) is 20.3. The number of amides is 3. The monoisotopic (exact) mass is 391 g/mol. The van der Waals surface area contributed by atoms with Crippen LogP contribution < -0.4 is 10.2 Å². The number of nitrogens with zero attached hydrogens (tertiary/aromatic N) is 4. The number of nitrogens with one attached hydrogen (secondary N) is 1. The van der Waals surface area contributed by atoms with E-state index in [2.05, 4.69) is 15.7 Å². The fourth-order valence-electron chi connectivity index (χ4n) is 3.47. The summed E-state index contributed by atoms with van der Waals surface area (Å²) in [6.07, 6.45) is 0. The number of benzene rings is 2. The number of hydrogen-bond donors (Lipinski definition) is 1. The third kappa shape index (κ3) is 3.49.